The molecule has 0 rings (SSSR count). The van der Waals surface area contributed by atoms with Crippen molar-refractivity contribution in [1.82, 2.24) is 0 Å². The topological polar surface area (TPSA) is 140 Å². The third kappa shape index (κ3) is 27.8. The molecule has 0 aromatic heterocycles. The van der Waals surface area contributed by atoms with Crippen LogP contribution in [0.5, 0.6) is 0 Å². The molecule has 24 heavy (non-hydrogen) atoms. The van der Waals surface area contributed by atoms with Gasteiger partial charge >= 0.3 is 17.9 Å². The lowest BCUT2D eigenvalue weighted by molar-refractivity contribution is -0.229. The Bertz CT molecular complexity index is 363. The van der Waals surface area contributed by atoms with E-state index in [9.17, 15) is 14.4 Å². The Labute approximate surface area is 141 Å². The molecule has 0 aliphatic heterocycles. The number of carbonyl (C=O) groups excluding carboxylic acids is 3. The normalized spacial score (nSPS) is 7.50. The highest BCUT2D eigenvalue weighted by Crippen LogP contribution is 1.87. The van der Waals surface area contributed by atoms with Gasteiger partial charge in [0, 0.05) is 16.7 Å². The lowest BCUT2D eigenvalue weighted by atomic mass is 10.4. The molecule has 0 heterocycles. The van der Waals surface area contributed by atoms with Crippen LogP contribution in [-0.2, 0) is 29.0 Å². The summed E-state index contributed by atoms with van der Waals surface area (Å²) < 4.78 is 0. The second kappa shape index (κ2) is 20.5. The van der Waals surface area contributed by atoms with E-state index in [2.05, 4.69) is 48.2 Å². The Balaban J connectivity index is -0.000000115. The van der Waals surface area contributed by atoms with Crippen LogP contribution in [0.15, 0.2) is 36.5 Å². The van der Waals surface area contributed by atoms with Gasteiger partial charge in [-0.15, -0.1) is 0 Å². The van der Waals surface area contributed by atoms with Gasteiger partial charge in [0.15, 0.2) is 0 Å². The average Bonchev–Trinajstić information content (AvgIpc) is 2.53. The van der Waals surface area contributed by atoms with E-state index in [1.807, 2.05) is 0 Å². The molecule has 9 heteroatoms. The maximum absolute atomic E-state index is 9.94. The van der Waals surface area contributed by atoms with Gasteiger partial charge in [0.05, 0.1) is 0 Å². The molecule has 0 atom stereocenters. The number of hydrogen-bond donors (Lipinski definition) is 3. The van der Waals surface area contributed by atoms with Gasteiger partial charge in [-0.05, 0) is 20.8 Å². The molecule has 0 saturated heterocycles. The van der Waals surface area contributed by atoms with E-state index in [-0.39, 0.29) is 16.7 Å². The van der Waals surface area contributed by atoms with Gasteiger partial charge in [0.25, 0.3) is 0 Å². The van der Waals surface area contributed by atoms with Crippen molar-refractivity contribution in [2.45, 2.75) is 41.0 Å². The SMILES string of the molecule is C=C(C)C(=O)OO.C=C(C)C(=O)OO.C=C(C)C(=O)OO.CCC. The largest absolute Gasteiger partial charge is 0.367 e. The van der Waals surface area contributed by atoms with E-state index in [0.717, 1.165) is 0 Å². The molecule has 140 valence electrons. The molecule has 0 aliphatic rings. The zero-order chi connectivity index (χ0) is 20.3. The number of hydrogen-bond acceptors (Lipinski definition) is 9. The third-order valence-corrected chi connectivity index (χ3v) is 1.29. The first kappa shape index (κ1) is 29.5. The predicted octanol–water partition coefficient (Wildman–Crippen LogP) is 3.15. The summed E-state index contributed by atoms with van der Waals surface area (Å²) in [6.07, 6.45) is 1.25. The Morgan fingerprint density at radius 1 is 0.667 bits per heavy atom. The van der Waals surface area contributed by atoms with Crippen LogP contribution in [0.2, 0.25) is 0 Å². The van der Waals surface area contributed by atoms with E-state index < -0.39 is 17.9 Å². The van der Waals surface area contributed by atoms with Crippen LogP contribution in [0.3, 0.4) is 0 Å². The van der Waals surface area contributed by atoms with Crippen molar-refractivity contribution in [2.24, 2.45) is 0 Å². The van der Waals surface area contributed by atoms with E-state index >= 15 is 0 Å². The summed E-state index contributed by atoms with van der Waals surface area (Å²) in [5, 5.41) is 22.8. The lowest BCUT2D eigenvalue weighted by Crippen LogP contribution is -1.99. The molecular formula is C15H26O9. The fraction of sp³-hybridized carbons (Fsp3) is 0.400. The first-order chi connectivity index (χ1) is 11.0. The van der Waals surface area contributed by atoms with Gasteiger partial charge in [-0.2, -0.15) is 15.8 Å². The number of rotatable bonds is 3. The highest BCUT2D eigenvalue weighted by molar-refractivity contribution is 5.87. The van der Waals surface area contributed by atoms with Gasteiger partial charge in [0.2, 0.25) is 0 Å². The fourth-order valence-corrected chi connectivity index (χ4v) is 0.234. The summed E-state index contributed by atoms with van der Waals surface area (Å²) in [6.45, 7) is 18.2. The van der Waals surface area contributed by atoms with Crippen LogP contribution in [-0.4, -0.2) is 33.7 Å². The first-order valence-electron chi connectivity index (χ1n) is 6.50. The summed E-state index contributed by atoms with van der Waals surface area (Å²) in [6, 6.07) is 0. The third-order valence-electron chi connectivity index (χ3n) is 1.29. The average molecular weight is 350 g/mol. The zero-order valence-electron chi connectivity index (χ0n) is 14.6. The minimum atomic E-state index is -0.792. The van der Waals surface area contributed by atoms with Crippen LogP contribution in [0.4, 0.5) is 0 Å². The zero-order valence-corrected chi connectivity index (χ0v) is 14.6. The van der Waals surface area contributed by atoms with Gasteiger partial charge in [0.1, 0.15) is 0 Å². The minimum absolute atomic E-state index is 0.183. The maximum Gasteiger partial charge on any atom is 0.367 e. The highest BCUT2D eigenvalue weighted by atomic mass is 17.1. The predicted molar refractivity (Wildman–Crippen MR) is 86.6 cm³/mol. The van der Waals surface area contributed by atoms with Crippen molar-refractivity contribution < 1.29 is 44.8 Å². The van der Waals surface area contributed by atoms with Crippen molar-refractivity contribution in [3.8, 4) is 0 Å². The summed E-state index contributed by atoms with van der Waals surface area (Å²) in [7, 11) is 0. The molecule has 9 nitrogen and oxygen atoms in total. The molecular weight excluding hydrogens is 324 g/mol. The summed E-state index contributed by atoms with van der Waals surface area (Å²) in [4.78, 5) is 39.6. The first-order valence-corrected chi connectivity index (χ1v) is 6.50. The molecule has 0 radical (unpaired) electrons. The Morgan fingerprint density at radius 2 is 0.792 bits per heavy atom. The van der Waals surface area contributed by atoms with Gasteiger partial charge in [-0.1, -0.05) is 40.0 Å². The van der Waals surface area contributed by atoms with Crippen molar-refractivity contribution in [3.63, 3.8) is 0 Å². The highest BCUT2D eigenvalue weighted by Gasteiger charge is 1.99. The monoisotopic (exact) mass is 350 g/mol. The van der Waals surface area contributed by atoms with Crippen LogP contribution in [0, 0.1) is 0 Å². The Hall–Kier alpha value is -2.49. The molecule has 0 aromatic rings. The van der Waals surface area contributed by atoms with E-state index in [1.54, 1.807) is 0 Å². The van der Waals surface area contributed by atoms with E-state index in [1.165, 1.54) is 27.2 Å². The number of carbonyl (C=O) groups is 3. The quantitative estimate of drug-likeness (QED) is 0.303. The van der Waals surface area contributed by atoms with Gasteiger partial charge in [-0.3, -0.25) is 14.7 Å². The molecule has 0 fully saturated rings. The molecule has 0 spiro atoms. The second-order valence-corrected chi connectivity index (χ2v) is 4.18. The van der Waals surface area contributed by atoms with Crippen LogP contribution >= 0.6 is 0 Å². The molecule has 3 N–H and O–H groups in total. The van der Waals surface area contributed by atoms with Crippen LogP contribution in [0.25, 0.3) is 0 Å². The Morgan fingerprint density at radius 3 is 0.792 bits per heavy atom. The van der Waals surface area contributed by atoms with Gasteiger partial charge < -0.3 is 0 Å². The summed E-state index contributed by atoms with van der Waals surface area (Å²) in [5.41, 5.74) is 0.549. The van der Waals surface area contributed by atoms with Crippen LogP contribution in [0.1, 0.15) is 41.0 Å². The molecule has 0 amide bonds. The molecule has 0 saturated carbocycles. The fourth-order valence-electron chi connectivity index (χ4n) is 0.234. The molecule has 0 aromatic carbocycles. The van der Waals surface area contributed by atoms with E-state index in [0.29, 0.717) is 0 Å². The van der Waals surface area contributed by atoms with Crippen molar-refractivity contribution >= 4 is 17.9 Å². The lowest BCUT2D eigenvalue weighted by Gasteiger charge is -1.88. The smallest absolute Gasteiger partial charge is 0.296 e. The summed E-state index contributed by atoms with van der Waals surface area (Å²) >= 11 is 0. The van der Waals surface area contributed by atoms with Crippen molar-refractivity contribution in [1.29, 1.82) is 0 Å². The van der Waals surface area contributed by atoms with Gasteiger partial charge in [-0.25, -0.2) is 14.4 Å². The molecule has 0 unspecified atom stereocenters. The van der Waals surface area contributed by atoms with Crippen molar-refractivity contribution in [3.05, 3.63) is 36.5 Å². The van der Waals surface area contributed by atoms with Crippen molar-refractivity contribution in [2.75, 3.05) is 0 Å². The molecule has 0 aliphatic carbocycles. The second-order valence-electron chi connectivity index (χ2n) is 4.18. The van der Waals surface area contributed by atoms with E-state index in [4.69, 9.17) is 15.8 Å². The standard InChI is InChI=1S/3C4H6O3.C3H8/c3*1-3(2)4(5)7-6;1-3-2/h3*6H,1H2,2H3;3H2,1-2H3. The molecule has 0 bridgehead atoms. The Kier molecular flexibility index (Phi) is 25.2. The minimum Gasteiger partial charge on any atom is -0.296 e. The summed E-state index contributed by atoms with van der Waals surface area (Å²) in [5.74, 6) is -2.37. The van der Waals surface area contributed by atoms with Crippen LogP contribution < -0.4 is 0 Å². The maximum atomic E-state index is 9.94.